The number of rotatable bonds is 9. The second kappa shape index (κ2) is 13.3. The fourth-order valence-corrected chi connectivity index (χ4v) is 2.83. The molecule has 6 nitrogen and oxygen atoms in total. The molecule has 2 aromatic rings. The van der Waals surface area contributed by atoms with Gasteiger partial charge in [-0.15, -0.1) is 24.0 Å². The lowest BCUT2D eigenvalue weighted by molar-refractivity contribution is 0.311. The maximum Gasteiger partial charge on any atom is 0.196 e. The predicted molar refractivity (Wildman–Crippen MR) is 132 cm³/mol. The Kier molecular flexibility index (Phi) is 11.5. The van der Waals surface area contributed by atoms with Gasteiger partial charge in [0.15, 0.2) is 17.5 Å². The third-order valence-corrected chi connectivity index (χ3v) is 4.08. The summed E-state index contributed by atoms with van der Waals surface area (Å²) in [5.74, 6) is 2.16. The highest BCUT2D eigenvalue weighted by molar-refractivity contribution is 14.0. The number of hydrogen-bond donors (Lipinski definition) is 2. The van der Waals surface area contributed by atoms with E-state index in [1.54, 1.807) is 7.11 Å². The number of anilines is 1. The number of nitrogens with zero attached hydrogens (tertiary/aromatic N) is 2. The van der Waals surface area contributed by atoms with Crippen LogP contribution in [0.25, 0.3) is 0 Å². The van der Waals surface area contributed by atoms with Crippen molar-refractivity contribution in [2.45, 2.75) is 26.9 Å². The minimum absolute atomic E-state index is 0. The Morgan fingerprint density at radius 2 is 1.76 bits per heavy atom. The topological polar surface area (TPSA) is 58.1 Å². The summed E-state index contributed by atoms with van der Waals surface area (Å²) in [6.07, 6.45) is 0. The molecule has 0 aliphatic rings. The molecule has 2 rings (SSSR count). The number of ether oxygens (including phenoxy) is 2. The van der Waals surface area contributed by atoms with Crippen LogP contribution in [0.4, 0.5) is 5.69 Å². The Morgan fingerprint density at radius 1 is 1.03 bits per heavy atom. The molecule has 0 heterocycles. The second-order valence-corrected chi connectivity index (χ2v) is 6.63. The summed E-state index contributed by atoms with van der Waals surface area (Å²) in [4.78, 5) is 6.93. The van der Waals surface area contributed by atoms with E-state index in [4.69, 9.17) is 14.5 Å². The third-order valence-electron chi connectivity index (χ3n) is 4.08. The lowest BCUT2D eigenvalue weighted by Crippen LogP contribution is -2.30. The first-order valence-corrected chi connectivity index (χ1v) is 9.65. The molecule has 0 atom stereocenters. The van der Waals surface area contributed by atoms with Gasteiger partial charge in [-0.25, -0.2) is 4.99 Å². The van der Waals surface area contributed by atoms with Crippen LogP contribution in [0, 0.1) is 0 Å². The van der Waals surface area contributed by atoms with Crippen molar-refractivity contribution in [1.29, 1.82) is 0 Å². The zero-order valence-corrected chi connectivity index (χ0v) is 20.3. The molecular weight excluding hydrogens is 479 g/mol. The second-order valence-electron chi connectivity index (χ2n) is 6.63. The summed E-state index contributed by atoms with van der Waals surface area (Å²) in [5.41, 5.74) is 3.40. The monoisotopic (exact) mass is 512 g/mol. The van der Waals surface area contributed by atoms with E-state index in [0.717, 1.165) is 30.5 Å². The highest BCUT2D eigenvalue weighted by Gasteiger charge is 2.08. The first kappa shape index (κ1) is 25.0. The smallest absolute Gasteiger partial charge is 0.196 e. The molecule has 29 heavy (non-hydrogen) atoms. The van der Waals surface area contributed by atoms with E-state index >= 15 is 0 Å². The van der Waals surface area contributed by atoms with E-state index < -0.39 is 0 Å². The van der Waals surface area contributed by atoms with E-state index in [9.17, 15) is 0 Å². The highest BCUT2D eigenvalue weighted by atomic mass is 127. The lowest BCUT2D eigenvalue weighted by Gasteiger charge is -2.15. The molecule has 0 aliphatic heterocycles. The summed E-state index contributed by atoms with van der Waals surface area (Å²) in [6, 6.07) is 14.2. The van der Waals surface area contributed by atoms with Crippen LogP contribution in [0.5, 0.6) is 11.5 Å². The number of guanidine groups is 1. The molecule has 160 valence electrons. The van der Waals surface area contributed by atoms with E-state index in [1.807, 2.05) is 25.1 Å². The quantitative estimate of drug-likeness (QED) is 0.297. The van der Waals surface area contributed by atoms with Crippen molar-refractivity contribution in [1.82, 2.24) is 10.2 Å². The molecule has 2 N–H and O–H groups in total. The van der Waals surface area contributed by atoms with Crippen molar-refractivity contribution in [2.75, 3.05) is 39.7 Å². The largest absolute Gasteiger partial charge is 0.493 e. The van der Waals surface area contributed by atoms with Crippen LogP contribution in [0.2, 0.25) is 0 Å². The molecule has 2 aromatic carbocycles. The standard InChI is InChI=1S/C22H32N4O2.HI/c1-6-23-22(24-15-17-10-8-9-11-18(17)16-26(3)4)25-19-12-13-20(28-7-2)21(14-19)27-5;/h8-14H,6-7,15-16H2,1-5H3,(H2,23,24,25);1H. The molecule has 0 saturated heterocycles. The Balaban J connectivity index is 0.00000420. The van der Waals surface area contributed by atoms with Crippen molar-refractivity contribution in [3.63, 3.8) is 0 Å². The SMILES string of the molecule is CCNC(=NCc1ccccc1CN(C)C)Nc1ccc(OCC)c(OC)c1.I. The maximum atomic E-state index is 5.58. The molecule has 0 bridgehead atoms. The normalized spacial score (nSPS) is 11.0. The summed E-state index contributed by atoms with van der Waals surface area (Å²) in [5, 5.41) is 6.64. The summed E-state index contributed by atoms with van der Waals surface area (Å²) >= 11 is 0. The zero-order chi connectivity index (χ0) is 20.4. The van der Waals surface area contributed by atoms with Gasteiger partial charge in [-0.05, 0) is 51.2 Å². The average Bonchev–Trinajstić information content (AvgIpc) is 2.68. The van der Waals surface area contributed by atoms with Crippen molar-refractivity contribution >= 4 is 35.6 Å². The zero-order valence-electron chi connectivity index (χ0n) is 18.0. The number of nitrogens with one attached hydrogen (secondary N) is 2. The molecule has 0 radical (unpaired) electrons. The molecule has 0 unspecified atom stereocenters. The van der Waals surface area contributed by atoms with Gasteiger partial charge in [0.25, 0.3) is 0 Å². The Labute approximate surface area is 191 Å². The van der Waals surface area contributed by atoms with Gasteiger partial charge in [-0.3, -0.25) is 0 Å². The number of hydrogen-bond acceptors (Lipinski definition) is 4. The Morgan fingerprint density at radius 3 is 2.38 bits per heavy atom. The molecule has 0 saturated carbocycles. The highest BCUT2D eigenvalue weighted by Crippen LogP contribution is 2.30. The molecule has 0 aliphatic carbocycles. The Bertz CT molecular complexity index is 781. The maximum absolute atomic E-state index is 5.58. The molecule has 7 heteroatoms. The van der Waals surface area contributed by atoms with Gasteiger partial charge >= 0.3 is 0 Å². The third kappa shape index (κ3) is 8.10. The van der Waals surface area contributed by atoms with E-state index in [1.165, 1.54) is 11.1 Å². The minimum atomic E-state index is 0. The number of halogens is 1. The van der Waals surface area contributed by atoms with Crippen molar-refractivity contribution in [2.24, 2.45) is 4.99 Å². The van der Waals surface area contributed by atoms with Gasteiger partial charge < -0.3 is 25.0 Å². The summed E-state index contributed by atoms with van der Waals surface area (Å²) in [7, 11) is 5.79. The molecule has 0 amide bonds. The first-order valence-electron chi connectivity index (χ1n) is 9.65. The van der Waals surface area contributed by atoms with E-state index in [-0.39, 0.29) is 24.0 Å². The van der Waals surface area contributed by atoms with E-state index in [2.05, 4.69) is 60.8 Å². The van der Waals surface area contributed by atoms with Crippen LogP contribution in [0.15, 0.2) is 47.5 Å². The van der Waals surface area contributed by atoms with Crippen LogP contribution in [0.1, 0.15) is 25.0 Å². The van der Waals surface area contributed by atoms with Crippen LogP contribution in [-0.4, -0.2) is 45.2 Å². The lowest BCUT2D eigenvalue weighted by atomic mass is 10.1. The van der Waals surface area contributed by atoms with Gasteiger partial charge in [0.2, 0.25) is 0 Å². The Hall–Kier alpha value is -2.00. The summed E-state index contributed by atoms with van der Waals surface area (Å²) < 4.78 is 11.0. The van der Waals surface area contributed by atoms with Gasteiger partial charge in [-0.1, -0.05) is 24.3 Å². The van der Waals surface area contributed by atoms with Gasteiger partial charge in [0.1, 0.15) is 0 Å². The van der Waals surface area contributed by atoms with Crippen molar-refractivity contribution < 1.29 is 9.47 Å². The molecule has 0 spiro atoms. The average molecular weight is 512 g/mol. The van der Waals surface area contributed by atoms with Gasteiger partial charge in [-0.2, -0.15) is 0 Å². The van der Waals surface area contributed by atoms with Crippen LogP contribution < -0.4 is 20.1 Å². The van der Waals surface area contributed by atoms with Crippen molar-refractivity contribution in [3.05, 3.63) is 53.6 Å². The van der Waals surface area contributed by atoms with Crippen LogP contribution >= 0.6 is 24.0 Å². The summed E-state index contributed by atoms with van der Waals surface area (Å²) in [6.45, 7) is 6.88. The van der Waals surface area contributed by atoms with E-state index in [0.29, 0.717) is 18.9 Å². The number of aliphatic imine (C=N–C) groups is 1. The molecular formula is C22H33IN4O2. The number of methoxy groups -OCH3 is 1. The number of benzene rings is 2. The first-order chi connectivity index (χ1) is 13.6. The molecule has 0 fully saturated rings. The van der Waals surface area contributed by atoms with Gasteiger partial charge in [0.05, 0.1) is 20.3 Å². The minimum Gasteiger partial charge on any atom is -0.493 e. The van der Waals surface area contributed by atoms with Crippen molar-refractivity contribution in [3.8, 4) is 11.5 Å². The molecule has 0 aromatic heterocycles. The predicted octanol–water partition coefficient (Wildman–Crippen LogP) is 4.35. The van der Waals surface area contributed by atoms with Gasteiger partial charge in [0, 0.05) is 24.8 Å². The van der Waals surface area contributed by atoms with Crippen LogP contribution in [0.3, 0.4) is 0 Å². The fraction of sp³-hybridized carbons (Fsp3) is 0.409. The van der Waals surface area contributed by atoms with Crippen LogP contribution in [-0.2, 0) is 13.1 Å². The fourth-order valence-electron chi connectivity index (χ4n) is 2.83.